The number of hydrogen-bond donors (Lipinski definition) is 1. The molecule has 3 saturated heterocycles. The molecule has 4 heterocycles. The molecule has 1 aromatic heterocycles. The Balaban J connectivity index is 1.27. The zero-order valence-corrected chi connectivity index (χ0v) is 21.8. The van der Waals surface area contributed by atoms with Crippen LogP contribution in [0.5, 0.6) is 0 Å². The van der Waals surface area contributed by atoms with E-state index in [0.717, 1.165) is 11.3 Å². The molecule has 1 aromatic carbocycles. The molecule has 0 bridgehead atoms. The quantitative estimate of drug-likeness (QED) is 0.672. The van der Waals surface area contributed by atoms with Crippen LogP contribution in [0.15, 0.2) is 36.4 Å². The molecule has 2 N–H and O–H groups in total. The van der Waals surface area contributed by atoms with Crippen molar-refractivity contribution in [3.63, 3.8) is 0 Å². The van der Waals surface area contributed by atoms with Crippen LogP contribution >= 0.6 is 11.6 Å². The van der Waals surface area contributed by atoms with E-state index in [1.165, 1.54) is 0 Å². The van der Waals surface area contributed by atoms with Gasteiger partial charge in [-0.2, -0.15) is 0 Å². The largest absolute Gasteiger partial charge is 0.444 e. The molecule has 0 saturated carbocycles. The molecule has 0 atom stereocenters. The summed E-state index contributed by atoms with van der Waals surface area (Å²) in [7, 11) is 0. The number of anilines is 2. The lowest BCUT2D eigenvalue weighted by Crippen LogP contribution is -2.75. The van der Waals surface area contributed by atoms with E-state index >= 15 is 0 Å². The second-order valence-corrected chi connectivity index (χ2v) is 11.8. The van der Waals surface area contributed by atoms with Gasteiger partial charge in [0.2, 0.25) is 5.91 Å². The molecule has 0 unspecified atom stereocenters. The van der Waals surface area contributed by atoms with Crippen molar-refractivity contribution in [3.8, 4) is 0 Å². The maximum Gasteiger partial charge on any atom is 0.410 e. The average molecular weight is 513 g/mol. The number of aromatic nitrogens is 2. The third kappa shape index (κ3) is 4.45. The van der Waals surface area contributed by atoms with Crippen LogP contribution in [0, 0.1) is 5.41 Å². The highest BCUT2D eigenvalue weighted by Gasteiger charge is 2.58. The molecule has 36 heavy (non-hydrogen) atoms. The fourth-order valence-electron chi connectivity index (χ4n) is 5.76. The predicted octanol–water partition coefficient (Wildman–Crippen LogP) is 3.33. The average Bonchev–Trinajstić information content (AvgIpc) is 2.78. The minimum absolute atomic E-state index is 0.0148. The van der Waals surface area contributed by atoms with Gasteiger partial charge >= 0.3 is 6.09 Å². The molecule has 3 aliphatic rings. The predicted molar refractivity (Wildman–Crippen MR) is 138 cm³/mol. The molecule has 3 aliphatic heterocycles. The van der Waals surface area contributed by atoms with Crippen LogP contribution in [0.2, 0.25) is 5.15 Å². The molecule has 3 fully saturated rings. The number of benzene rings is 1. The van der Waals surface area contributed by atoms with Crippen LogP contribution in [-0.4, -0.2) is 76.9 Å². The van der Waals surface area contributed by atoms with E-state index in [4.69, 9.17) is 22.1 Å². The van der Waals surface area contributed by atoms with Crippen LogP contribution < -0.4 is 10.6 Å². The number of rotatable bonds is 3. The number of nitrogen functional groups attached to an aromatic ring is 1. The normalized spacial score (nSPS) is 20.5. The molecule has 192 valence electrons. The lowest BCUT2D eigenvalue weighted by atomic mass is 9.67. The van der Waals surface area contributed by atoms with Gasteiger partial charge in [-0.05, 0) is 39.2 Å². The number of nitrogens with two attached hydrogens (primary N) is 1. The van der Waals surface area contributed by atoms with E-state index in [1.807, 2.05) is 43.9 Å². The number of piperidine rings is 1. The highest BCUT2D eigenvalue weighted by molar-refractivity contribution is 6.29. The lowest BCUT2D eigenvalue weighted by Gasteiger charge is -2.61. The summed E-state index contributed by atoms with van der Waals surface area (Å²) >= 11 is 6.06. The Morgan fingerprint density at radius 2 is 1.61 bits per heavy atom. The first kappa shape index (κ1) is 24.6. The van der Waals surface area contributed by atoms with Crippen LogP contribution in [0.3, 0.4) is 0 Å². The summed E-state index contributed by atoms with van der Waals surface area (Å²) < 4.78 is 5.49. The van der Waals surface area contributed by atoms with Crippen LogP contribution in [-0.2, 0) is 14.9 Å². The maximum atomic E-state index is 14.0. The Morgan fingerprint density at radius 3 is 2.22 bits per heavy atom. The first-order valence-electron chi connectivity index (χ1n) is 12.4. The molecule has 0 aliphatic carbocycles. The third-order valence-corrected chi connectivity index (χ3v) is 7.69. The Morgan fingerprint density at radius 1 is 1.00 bits per heavy atom. The first-order chi connectivity index (χ1) is 17.0. The standard InChI is InChI=1S/C26H33ClN6O3/c1-24(2,3)36-23(35)33-16-25(17-33)14-32(15-25)22(34)26(18-7-5-4-6-8-18)9-11-31(12-10-26)19-13-20(27)29-30-21(19)28/h4-8,13H,9-12,14-17H2,1-3H3,(H2,28,30). The van der Waals surface area contributed by atoms with Gasteiger partial charge in [-0.25, -0.2) is 4.79 Å². The monoisotopic (exact) mass is 512 g/mol. The van der Waals surface area contributed by atoms with Crippen molar-refractivity contribution in [2.24, 2.45) is 5.41 Å². The molecule has 0 radical (unpaired) electrons. The minimum Gasteiger partial charge on any atom is -0.444 e. The molecule has 2 amide bonds. The number of amides is 2. The highest BCUT2D eigenvalue weighted by Crippen LogP contribution is 2.45. The summed E-state index contributed by atoms with van der Waals surface area (Å²) in [6, 6.07) is 11.8. The molecular formula is C26H33ClN6O3. The Kier molecular flexibility index (Phi) is 6.01. The van der Waals surface area contributed by atoms with Crippen LogP contribution in [0.25, 0.3) is 0 Å². The number of nitrogens with zero attached hydrogens (tertiary/aromatic N) is 5. The summed E-state index contributed by atoms with van der Waals surface area (Å²) in [5.41, 5.74) is 6.73. The molecule has 2 aromatic rings. The summed E-state index contributed by atoms with van der Waals surface area (Å²) in [6.07, 6.45) is 1.03. The Bertz CT molecular complexity index is 1150. The van der Waals surface area contributed by atoms with Gasteiger partial charge in [0.1, 0.15) is 5.60 Å². The van der Waals surface area contributed by atoms with Crippen molar-refractivity contribution in [2.75, 3.05) is 49.9 Å². The Labute approximate surface area is 216 Å². The van der Waals surface area contributed by atoms with E-state index in [1.54, 1.807) is 11.0 Å². The number of carbonyl (C=O) groups is 2. The molecule has 9 nitrogen and oxygen atoms in total. The van der Waals surface area contributed by atoms with Gasteiger partial charge in [-0.1, -0.05) is 41.9 Å². The van der Waals surface area contributed by atoms with Crippen molar-refractivity contribution in [1.82, 2.24) is 20.0 Å². The van der Waals surface area contributed by atoms with Crippen molar-refractivity contribution >= 4 is 35.1 Å². The number of hydrogen-bond acceptors (Lipinski definition) is 7. The highest BCUT2D eigenvalue weighted by atomic mass is 35.5. The van der Waals surface area contributed by atoms with Gasteiger partial charge in [-0.3, -0.25) is 4.79 Å². The number of carbonyl (C=O) groups excluding carboxylic acids is 2. The van der Waals surface area contributed by atoms with Gasteiger partial charge in [0.25, 0.3) is 0 Å². The molecule has 1 spiro atoms. The minimum atomic E-state index is -0.604. The molecule has 5 rings (SSSR count). The van der Waals surface area contributed by atoms with E-state index < -0.39 is 11.0 Å². The van der Waals surface area contributed by atoms with Gasteiger partial charge in [-0.15, -0.1) is 10.2 Å². The van der Waals surface area contributed by atoms with E-state index in [-0.39, 0.29) is 17.4 Å². The third-order valence-electron chi connectivity index (χ3n) is 7.51. The first-order valence-corrected chi connectivity index (χ1v) is 12.7. The van der Waals surface area contributed by atoms with Crippen LogP contribution in [0.4, 0.5) is 16.3 Å². The van der Waals surface area contributed by atoms with E-state index in [9.17, 15) is 9.59 Å². The second-order valence-electron chi connectivity index (χ2n) is 11.4. The van der Waals surface area contributed by atoms with Crippen molar-refractivity contribution in [3.05, 3.63) is 47.1 Å². The molecule has 10 heteroatoms. The van der Waals surface area contributed by atoms with Crippen molar-refractivity contribution in [1.29, 1.82) is 0 Å². The van der Waals surface area contributed by atoms with Gasteiger partial charge in [0, 0.05) is 50.7 Å². The zero-order valence-electron chi connectivity index (χ0n) is 21.0. The fourth-order valence-corrected chi connectivity index (χ4v) is 5.90. The number of likely N-dealkylation sites (tertiary alicyclic amines) is 2. The van der Waals surface area contributed by atoms with E-state index in [2.05, 4.69) is 27.2 Å². The molecular weight excluding hydrogens is 480 g/mol. The number of ether oxygens (including phenoxy) is 1. The topological polar surface area (TPSA) is 105 Å². The van der Waals surface area contributed by atoms with E-state index in [0.29, 0.717) is 63.1 Å². The summed E-state index contributed by atoms with van der Waals surface area (Å²) in [4.78, 5) is 32.2. The van der Waals surface area contributed by atoms with Crippen LogP contribution in [0.1, 0.15) is 39.2 Å². The summed E-state index contributed by atoms with van der Waals surface area (Å²) in [6.45, 7) is 9.50. The fraction of sp³-hybridized carbons (Fsp3) is 0.538. The maximum absolute atomic E-state index is 14.0. The summed E-state index contributed by atoms with van der Waals surface area (Å²) in [5, 5.41) is 8.05. The number of halogens is 1. The SMILES string of the molecule is CC(C)(C)OC(=O)N1CC2(C1)CN(C(=O)C1(c3ccccc3)CCN(c3cc(Cl)nnc3N)CC1)C2. The Hall–Kier alpha value is -3.07. The van der Waals surface area contributed by atoms with Crippen molar-refractivity contribution in [2.45, 2.75) is 44.6 Å². The smallest absolute Gasteiger partial charge is 0.410 e. The van der Waals surface area contributed by atoms with Gasteiger partial charge < -0.3 is 25.2 Å². The van der Waals surface area contributed by atoms with Gasteiger partial charge in [0.05, 0.1) is 11.1 Å². The van der Waals surface area contributed by atoms with Crippen molar-refractivity contribution < 1.29 is 14.3 Å². The zero-order chi connectivity index (χ0) is 25.7. The summed E-state index contributed by atoms with van der Waals surface area (Å²) in [5.74, 6) is 0.496. The lowest BCUT2D eigenvalue weighted by molar-refractivity contribution is -0.163. The van der Waals surface area contributed by atoms with Gasteiger partial charge in [0.15, 0.2) is 11.0 Å². The second kappa shape index (κ2) is 8.80.